The Kier molecular flexibility index (Phi) is 6.25. The number of anilines is 1. The molecule has 0 amide bonds. The Morgan fingerprint density at radius 3 is 2.22 bits per heavy atom. The van der Waals surface area contributed by atoms with Crippen molar-refractivity contribution in [1.29, 1.82) is 0 Å². The monoisotopic (exact) mass is 522 g/mol. The maximum atomic E-state index is 13.2. The molecular formula is C14H6Cl2F6N6O3S. The predicted octanol–water partition coefficient (Wildman–Crippen LogP) is 4.88. The molecule has 2 heterocycles. The third-order valence-corrected chi connectivity index (χ3v) is 5.39. The smallest absolute Gasteiger partial charge is 0.342 e. The van der Waals surface area contributed by atoms with Crippen LogP contribution in [-0.4, -0.2) is 41.7 Å². The van der Waals surface area contributed by atoms with E-state index in [0.29, 0.717) is 12.1 Å². The molecule has 0 fully saturated rings. The van der Waals surface area contributed by atoms with Gasteiger partial charge < -0.3 is 4.52 Å². The molecule has 1 atom stereocenters. The first-order valence-electron chi connectivity index (χ1n) is 7.68. The topological polar surface area (TPSA) is 110 Å². The van der Waals surface area contributed by atoms with Gasteiger partial charge in [-0.2, -0.15) is 31.3 Å². The molecule has 3 rings (SSSR count). The van der Waals surface area contributed by atoms with Crippen molar-refractivity contribution in [1.82, 2.24) is 20.0 Å². The van der Waals surface area contributed by atoms with E-state index in [4.69, 9.17) is 23.2 Å². The molecular weight excluding hydrogens is 517 g/mol. The molecule has 0 saturated heterocycles. The molecule has 0 bridgehead atoms. The van der Waals surface area contributed by atoms with Crippen LogP contribution in [0, 0.1) is 0 Å². The van der Waals surface area contributed by atoms with Gasteiger partial charge in [-0.1, -0.05) is 28.4 Å². The first-order chi connectivity index (χ1) is 14.8. The third kappa shape index (κ3) is 4.30. The van der Waals surface area contributed by atoms with E-state index in [-0.39, 0.29) is 9.96 Å². The Morgan fingerprint density at radius 2 is 1.78 bits per heavy atom. The van der Waals surface area contributed by atoms with Gasteiger partial charge in [0.05, 0.1) is 15.6 Å². The molecule has 0 aliphatic carbocycles. The summed E-state index contributed by atoms with van der Waals surface area (Å²) in [5, 5.41) is 15.9. The maximum Gasteiger partial charge on any atom is 0.476 e. The van der Waals surface area contributed by atoms with Crippen LogP contribution in [0.2, 0.25) is 10.0 Å². The number of hydrogen-bond acceptors (Lipinski definition) is 8. The standard InChI is InChI=1S/C14H6Cl2F6N6O3S/c1-23-12-10(32(30)14(20,21)22)8(11-24-4-31-26-11)25-27(12)28(29)9-6(15)2-5(3-7(9)16)13(17,18)19/h2-4,29H,1H2. The highest BCUT2D eigenvalue weighted by Crippen LogP contribution is 2.43. The summed E-state index contributed by atoms with van der Waals surface area (Å²) in [6.45, 7) is 3.05. The van der Waals surface area contributed by atoms with E-state index in [9.17, 15) is 35.8 Å². The lowest BCUT2D eigenvalue weighted by molar-refractivity contribution is -0.137. The van der Waals surface area contributed by atoms with Gasteiger partial charge >= 0.3 is 11.7 Å². The number of halogens is 8. The molecule has 0 aliphatic heterocycles. The molecule has 2 aromatic heterocycles. The summed E-state index contributed by atoms with van der Waals surface area (Å²) in [4.78, 5) is 5.91. The molecule has 0 spiro atoms. The van der Waals surface area contributed by atoms with Crippen LogP contribution in [0.15, 0.2) is 32.9 Å². The van der Waals surface area contributed by atoms with Crippen LogP contribution in [0.5, 0.6) is 0 Å². The van der Waals surface area contributed by atoms with E-state index in [1.165, 1.54) is 0 Å². The van der Waals surface area contributed by atoms with E-state index >= 15 is 0 Å². The largest absolute Gasteiger partial charge is 0.476 e. The third-order valence-electron chi connectivity index (χ3n) is 3.64. The van der Waals surface area contributed by atoms with Crippen LogP contribution < -0.4 is 5.17 Å². The fourth-order valence-corrected chi connectivity index (χ4v) is 3.86. The van der Waals surface area contributed by atoms with Crippen molar-refractivity contribution in [3.63, 3.8) is 0 Å². The van der Waals surface area contributed by atoms with Crippen LogP contribution in [0.25, 0.3) is 11.5 Å². The molecule has 1 unspecified atom stereocenters. The lowest BCUT2D eigenvalue weighted by atomic mass is 10.2. The van der Waals surface area contributed by atoms with Crippen molar-refractivity contribution in [2.24, 2.45) is 4.99 Å². The predicted molar refractivity (Wildman–Crippen MR) is 98.3 cm³/mol. The van der Waals surface area contributed by atoms with Crippen LogP contribution in [0.1, 0.15) is 5.56 Å². The van der Waals surface area contributed by atoms with Gasteiger partial charge in [-0.25, -0.2) is 9.20 Å². The number of aliphatic imine (C=N–C) groups is 1. The van der Waals surface area contributed by atoms with E-state index in [2.05, 4.69) is 31.5 Å². The number of nitrogens with zero attached hydrogens (tertiary/aromatic N) is 6. The minimum Gasteiger partial charge on any atom is -0.342 e. The molecule has 0 saturated carbocycles. The molecule has 1 aromatic carbocycles. The van der Waals surface area contributed by atoms with Gasteiger partial charge in [-0.15, -0.1) is 15.1 Å². The molecule has 0 radical (unpaired) electrons. The average molecular weight is 523 g/mol. The number of aromatic nitrogens is 4. The van der Waals surface area contributed by atoms with Crippen molar-refractivity contribution < 1.29 is 40.3 Å². The summed E-state index contributed by atoms with van der Waals surface area (Å²) in [5.74, 6) is -1.49. The van der Waals surface area contributed by atoms with E-state index in [1.807, 2.05) is 0 Å². The Hall–Kier alpha value is -2.69. The van der Waals surface area contributed by atoms with Crippen molar-refractivity contribution in [2.75, 3.05) is 5.17 Å². The van der Waals surface area contributed by atoms with Gasteiger partial charge in [0.1, 0.15) is 10.6 Å². The summed E-state index contributed by atoms with van der Waals surface area (Å²) in [6.07, 6.45) is -4.11. The maximum absolute atomic E-state index is 13.2. The van der Waals surface area contributed by atoms with Crippen molar-refractivity contribution in [2.45, 2.75) is 16.6 Å². The molecule has 3 aromatic rings. The molecule has 9 nitrogen and oxygen atoms in total. The lowest BCUT2D eigenvalue weighted by Crippen LogP contribution is -2.27. The lowest BCUT2D eigenvalue weighted by Gasteiger charge is -2.21. The van der Waals surface area contributed by atoms with E-state index in [0.717, 1.165) is 6.39 Å². The second-order valence-corrected chi connectivity index (χ2v) is 7.82. The second kappa shape index (κ2) is 8.34. The quantitative estimate of drug-likeness (QED) is 0.289. The zero-order chi connectivity index (χ0) is 24.0. The van der Waals surface area contributed by atoms with Gasteiger partial charge in [-0.05, 0) is 18.9 Å². The molecule has 32 heavy (non-hydrogen) atoms. The highest BCUT2D eigenvalue weighted by Gasteiger charge is 2.44. The van der Waals surface area contributed by atoms with E-state index in [1.54, 1.807) is 0 Å². The van der Waals surface area contributed by atoms with Crippen LogP contribution in [0.3, 0.4) is 0 Å². The first kappa shape index (κ1) is 24.0. The minimum absolute atomic E-state index is 0.102. The fourth-order valence-electron chi connectivity index (χ4n) is 2.37. The Bertz CT molecular complexity index is 1170. The number of hydrogen-bond donors (Lipinski definition) is 1. The molecule has 18 heteroatoms. The number of rotatable bonds is 5. The van der Waals surface area contributed by atoms with Gasteiger partial charge in [0.15, 0.2) is 22.3 Å². The SMILES string of the molecule is C=Nc1c(S(=O)C(F)(F)F)c(-c2ncon2)nn1N(O)c1c(Cl)cc(C(F)(F)F)cc1Cl. The molecule has 0 aliphatic rings. The summed E-state index contributed by atoms with van der Waals surface area (Å²) in [7, 11) is -3.78. The van der Waals surface area contributed by atoms with Gasteiger partial charge in [-0.3, -0.25) is 5.21 Å². The minimum atomic E-state index is -5.31. The van der Waals surface area contributed by atoms with Crippen molar-refractivity contribution >= 4 is 52.2 Å². The van der Waals surface area contributed by atoms with Gasteiger partial charge in [0.25, 0.3) is 0 Å². The average Bonchev–Trinajstić information content (AvgIpc) is 3.32. The summed E-state index contributed by atoms with van der Waals surface area (Å²) >= 11 is 11.6. The summed E-state index contributed by atoms with van der Waals surface area (Å²) < 4.78 is 95.0. The summed E-state index contributed by atoms with van der Waals surface area (Å²) in [5.41, 5.74) is -8.07. The summed E-state index contributed by atoms with van der Waals surface area (Å²) in [6, 6.07) is 0.816. The number of benzene rings is 1. The zero-order valence-corrected chi connectivity index (χ0v) is 17.1. The molecule has 1 N–H and O–H groups in total. The van der Waals surface area contributed by atoms with Crippen LogP contribution >= 0.6 is 23.2 Å². The fraction of sp³-hybridized carbons (Fsp3) is 0.143. The first-order valence-corrected chi connectivity index (χ1v) is 9.58. The van der Waals surface area contributed by atoms with Crippen molar-refractivity contribution in [3.8, 4) is 11.5 Å². The van der Waals surface area contributed by atoms with Crippen molar-refractivity contribution in [3.05, 3.63) is 34.1 Å². The van der Waals surface area contributed by atoms with Crippen LogP contribution in [0.4, 0.5) is 37.8 Å². The number of alkyl halides is 6. The van der Waals surface area contributed by atoms with Crippen LogP contribution in [-0.2, 0) is 17.0 Å². The Labute approximate surface area is 185 Å². The highest BCUT2D eigenvalue weighted by atomic mass is 35.5. The second-order valence-electron chi connectivity index (χ2n) is 5.59. The highest BCUT2D eigenvalue weighted by molar-refractivity contribution is 7.86. The Balaban J connectivity index is 2.25. The zero-order valence-electron chi connectivity index (χ0n) is 14.8. The van der Waals surface area contributed by atoms with E-state index < -0.39 is 66.0 Å². The van der Waals surface area contributed by atoms with Gasteiger partial charge in [0, 0.05) is 0 Å². The normalized spacial score (nSPS) is 13.3. The molecule has 172 valence electrons. The Morgan fingerprint density at radius 1 is 1.19 bits per heavy atom. The van der Waals surface area contributed by atoms with Gasteiger partial charge in [0.2, 0.25) is 12.2 Å².